The van der Waals surface area contributed by atoms with Gasteiger partial charge in [0.1, 0.15) is 28.6 Å². The van der Waals surface area contributed by atoms with Gasteiger partial charge in [-0.3, -0.25) is 4.79 Å². The molecule has 1 aromatic heterocycles. The van der Waals surface area contributed by atoms with E-state index in [0.29, 0.717) is 11.1 Å². The van der Waals surface area contributed by atoms with Crippen LogP contribution >= 0.6 is 0 Å². The fourth-order valence-corrected chi connectivity index (χ4v) is 4.25. The van der Waals surface area contributed by atoms with E-state index in [1.165, 1.54) is 18.3 Å². The maximum Gasteiger partial charge on any atom is 0.275 e. The SMILES string of the molecule is CC(C)(C)c1cc2oc3c(c2c(/C=N/NC(=O)c2ccc(O)cc2O)c1O)CCCCC3. The van der Waals surface area contributed by atoms with Crippen molar-refractivity contribution in [3.05, 3.63) is 52.3 Å². The molecule has 0 bridgehead atoms. The first-order valence-corrected chi connectivity index (χ1v) is 10.8. The van der Waals surface area contributed by atoms with Crippen LogP contribution in [0.25, 0.3) is 11.0 Å². The highest BCUT2D eigenvalue weighted by Crippen LogP contribution is 2.42. The number of fused-ring (bicyclic) bond motifs is 3. The summed E-state index contributed by atoms with van der Waals surface area (Å²) >= 11 is 0. The Bertz CT molecular complexity index is 1220. The number of nitrogens with one attached hydrogen (secondary N) is 1. The molecule has 0 saturated carbocycles. The van der Waals surface area contributed by atoms with E-state index in [1.54, 1.807) is 0 Å². The van der Waals surface area contributed by atoms with E-state index in [9.17, 15) is 20.1 Å². The zero-order chi connectivity index (χ0) is 23.0. The molecule has 0 radical (unpaired) electrons. The second kappa shape index (κ2) is 8.22. The van der Waals surface area contributed by atoms with E-state index in [4.69, 9.17) is 4.42 Å². The topological polar surface area (TPSA) is 115 Å². The van der Waals surface area contributed by atoms with Crippen molar-refractivity contribution in [2.24, 2.45) is 5.10 Å². The molecule has 7 nitrogen and oxygen atoms in total. The van der Waals surface area contributed by atoms with Gasteiger partial charge >= 0.3 is 0 Å². The number of amides is 1. The lowest BCUT2D eigenvalue weighted by Gasteiger charge is -2.21. The van der Waals surface area contributed by atoms with Gasteiger partial charge in [-0.2, -0.15) is 5.10 Å². The lowest BCUT2D eigenvalue weighted by molar-refractivity contribution is 0.0952. The van der Waals surface area contributed by atoms with Gasteiger partial charge in [-0.05, 0) is 42.9 Å². The zero-order valence-corrected chi connectivity index (χ0v) is 18.5. The summed E-state index contributed by atoms with van der Waals surface area (Å²) in [5.41, 5.74) is 5.09. The molecular weight excluding hydrogens is 408 g/mol. The third kappa shape index (κ3) is 4.02. The number of benzene rings is 2. The summed E-state index contributed by atoms with van der Waals surface area (Å²) in [6, 6.07) is 5.61. The highest BCUT2D eigenvalue weighted by atomic mass is 16.3. The van der Waals surface area contributed by atoms with E-state index in [1.807, 2.05) is 26.8 Å². The highest BCUT2D eigenvalue weighted by Gasteiger charge is 2.27. The van der Waals surface area contributed by atoms with Gasteiger partial charge in [0.25, 0.3) is 5.91 Å². The molecule has 1 heterocycles. The van der Waals surface area contributed by atoms with Crippen molar-refractivity contribution < 1.29 is 24.5 Å². The maximum atomic E-state index is 12.4. The molecule has 1 amide bonds. The predicted octanol–water partition coefficient (Wildman–Crippen LogP) is 4.88. The number of hydrogen-bond donors (Lipinski definition) is 4. The van der Waals surface area contributed by atoms with Crippen LogP contribution in [-0.2, 0) is 18.3 Å². The molecule has 1 aliphatic carbocycles. The Labute approximate surface area is 186 Å². The van der Waals surface area contributed by atoms with Crippen molar-refractivity contribution in [1.29, 1.82) is 0 Å². The first-order chi connectivity index (χ1) is 15.2. The Morgan fingerprint density at radius 1 is 1.09 bits per heavy atom. The molecule has 32 heavy (non-hydrogen) atoms. The first-order valence-electron chi connectivity index (χ1n) is 10.8. The van der Waals surface area contributed by atoms with Crippen LogP contribution in [0.2, 0.25) is 0 Å². The normalized spacial score (nSPS) is 14.5. The molecule has 4 rings (SSSR count). The fraction of sp³-hybridized carbons (Fsp3) is 0.360. The summed E-state index contributed by atoms with van der Waals surface area (Å²) < 4.78 is 6.21. The Morgan fingerprint density at radius 2 is 1.84 bits per heavy atom. The molecule has 3 aromatic rings. The van der Waals surface area contributed by atoms with Gasteiger partial charge in [0.15, 0.2) is 0 Å². The largest absolute Gasteiger partial charge is 0.508 e. The molecular formula is C25H28N2O5. The number of furan rings is 1. The second-order valence-corrected chi connectivity index (χ2v) is 9.27. The van der Waals surface area contributed by atoms with Crippen LogP contribution < -0.4 is 5.43 Å². The van der Waals surface area contributed by atoms with Crippen molar-refractivity contribution >= 4 is 23.1 Å². The van der Waals surface area contributed by atoms with Crippen LogP contribution in [0, 0.1) is 0 Å². The fourth-order valence-electron chi connectivity index (χ4n) is 4.25. The van der Waals surface area contributed by atoms with Crippen LogP contribution in [0.3, 0.4) is 0 Å². The van der Waals surface area contributed by atoms with Crippen molar-refractivity contribution in [2.45, 2.75) is 58.3 Å². The van der Waals surface area contributed by atoms with Gasteiger partial charge in [0.2, 0.25) is 0 Å². The molecule has 4 N–H and O–H groups in total. The number of rotatable bonds is 3. The van der Waals surface area contributed by atoms with E-state index >= 15 is 0 Å². The highest BCUT2D eigenvalue weighted by molar-refractivity contribution is 6.04. The van der Waals surface area contributed by atoms with Gasteiger partial charge in [-0.25, -0.2) is 5.43 Å². The third-order valence-electron chi connectivity index (χ3n) is 5.90. The van der Waals surface area contributed by atoms with E-state index < -0.39 is 5.91 Å². The lowest BCUT2D eigenvalue weighted by atomic mass is 9.84. The first kappa shape index (κ1) is 21.7. The molecule has 7 heteroatoms. The van der Waals surface area contributed by atoms with Crippen LogP contribution in [0.4, 0.5) is 0 Å². The average molecular weight is 437 g/mol. The maximum absolute atomic E-state index is 12.4. The van der Waals surface area contributed by atoms with Crippen molar-refractivity contribution in [3.63, 3.8) is 0 Å². The number of carbonyl (C=O) groups is 1. The minimum Gasteiger partial charge on any atom is -0.508 e. The van der Waals surface area contributed by atoms with Crippen LogP contribution in [0.1, 0.15) is 72.8 Å². The Balaban J connectivity index is 1.76. The molecule has 168 valence electrons. The summed E-state index contributed by atoms with van der Waals surface area (Å²) in [6.45, 7) is 6.04. The van der Waals surface area contributed by atoms with Crippen LogP contribution in [0.5, 0.6) is 17.2 Å². The number of carbonyl (C=O) groups excluding carboxylic acids is 1. The van der Waals surface area contributed by atoms with Crippen LogP contribution in [-0.4, -0.2) is 27.4 Å². The standard InChI is InChI=1S/C25H28N2O5/c1-25(2,3)18-12-21-22(16-7-5-4-6-8-20(16)32-21)17(23(18)30)13-26-27-24(31)15-10-9-14(28)11-19(15)29/h9-13,28-30H,4-8H2,1-3H3,(H,27,31)/b26-13+. The van der Waals surface area contributed by atoms with E-state index in [2.05, 4.69) is 10.5 Å². The average Bonchev–Trinajstić information content (AvgIpc) is 2.89. The van der Waals surface area contributed by atoms with Gasteiger partial charge in [0.05, 0.1) is 11.8 Å². The summed E-state index contributed by atoms with van der Waals surface area (Å²) in [6.07, 6.45) is 6.42. The Kier molecular flexibility index (Phi) is 5.59. The Morgan fingerprint density at radius 3 is 2.56 bits per heavy atom. The monoisotopic (exact) mass is 436 g/mol. The summed E-state index contributed by atoms with van der Waals surface area (Å²) in [5.74, 6) is -0.0567. The molecule has 0 atom stereocenters. The summed E-state index contributed by atoms with van der Waals surface area (Å²) in [4.78, 5) is 12.4. The number of hydrazone groups is 1. The van der Waals surface area contributed by atoms with Crippen molar-refractivity contribution in [3.8, 4) is 17.2 Å². The molecule has 1 aliphatic rings. The van der Waals surface area contributed by atoms with Crippen molar-refractivity contribution in [1.82, 2.24) is 5.43 Å². The number of nitrogens with zero attached hydrogens (tertiary/aromatic N) is 1. The molecule has 0 spiro atoms. The van der Waals surface area contributed by atoms with E-state index in [0.717, 1.165) is 60.4 Å². The van der Waals surface area contributed by atoms with Gasteiger partial charge in [-0.1, -0.05) is 27.2 Å². The van der Waals surface area contributed by atoms with Gasteiger partial charge in [-0.15, -0.1) is 0 Å². The summed E-state index contributed by atoms with van der Waals surface area (Å²) in [7, 11) is 0. The molecule has 0 fully saturated rings. The number of hydrogen-bond acceptors (Lipinski definition) is 6. The smallest absolute Gasteiger partial charge is 0.275 e. The van der Waals surface area contributed by atoms with E-state index in [-0.39, 0.29) is 28.2 Å². The minimum absolute atomic E-state index is 0.0186. The number of aryl methyl sites for hydroxylation is 2. The molecule has 0 aliphatic heterocycles. The number of aromatic hydroxyl groups is 3. The summed E-state index contributed by atoms with van der Waals surface area (Å²) in [5, 5.41) is 35.4. The molecule has 0 saturated heterocycles. The molecule has 2 aromatic carbocycles. The van der Waals surface area contributed by atoms with Gasteiger partial charge in [0, 0.05) is 34.6 Å². The third-order valence-corrected chi connectivity index (χ3v) is 5.90. The quantitative estimate of drug-likeness (QED) is 0.265. The lowest BCUT2D eigenvalue weighted by Crippen LogP contribution is -2.18. The predicted molar refractivity (Wildman–Crippen MR) is 123 cm³/mol. The zero-order valence-electron chi connectivity index (χ0n) is 18.5. The van der Waals surface area contributed by atoms with Crippen molar-refractivity contribution in [2.75, 3.05) is 0 Å². The second-order valence-electron chi connectivity index (χ2n) is 9.27. The number of phenolic OH excluding ortho intramolecular Hbond substituents is 3. The van der Waals surface area contributed by atoms with Crippen LogP contribution in [0.15, 0.2) is 33.8 Å². The minimum atomic E-state index is -0.632. The van der Waals surface area contributed by atoms with Gasteiger partial charge < -0.3 is 19.7 Å². The molecule has 0 unspecified atom stereocenters. The Hall–Kier alpha value is -3.48. The number of phenols is 3.